The number of allylic oxidation sites excluding steroid dienone is 6. The number of alkyl halides is 1. The molecule has 0 amide bonds. The van der Waals surface area contributed by atoms with E-state index in [0.717, 1.165) is 44.7 Å². The van der Waals surface area contributed by atoms with Gasteiger partial charge in [-0.2, -0.15) is 0 Å². The minimum absolute atomic E-state index is 0.143. The largest absolute Gasteiger partial charge is 0.242 e. The van der Waals surface area contributed by atoms with E-state index in [-0.39, 0.29) is 12.0 Å². The number of thiophene rings is 1. The van der Waals surface area contributed by atoms with Crippen LogP contribution in [0.2, 0.25) is 0 Å². The monoisotopic (exact) mass is 740 g/mol. The van der Waals surface area contributed by atoms with Crippen molar-refractivity contribution in [1.29, 1.82) is 0 Å². The van der Waals surface area contributed by atoms with Crippen molar-refractivity contribution in [1.82, 2.24) is 0 Å². The summed E-state index contributed by atoms with van der Waals surface area (Å²) in [7, 11) is 0. The van der Waals surface area contributed by atoms with E-state index in [2.05, 4.69) is 122 Å². The predicted molar refractivity (Wildman–Crippen MR) is 237 cm³/mol. The summed E-state index contributed by atoms with van der Waals surface area (Å²) in [5.74, 6) is -0.502. The molecule has 0 aliphatic heterocycles. The number of halogens is 2. The Bertz CT molecular complexity index is 3170. The lowest BCUT2D eigenvalue weighted by molar-refractivity contribution is 0.406. The number of fused-ring (bicyclic) bond motifs is 7. The molecule has 266 valence electrons. The minimum Gasteiger partial charge on any atom is -0.242 e. The van der Waals surface area contributed by atoms with Crippen LogP contribution in [-0.2, 0) is 6.42 Å². The van der Waals surface area contributed by atoms with Crippen LogP contribution >= 0.6 is 11.3 Å². The molecule has 0 saturated heterocycles. The van der Waals surface area contributed by atoms with Crippen molar-refractivity contribution >= 4 is 75.5 Å². The van der Waals surface area contributed by atoms with Gasteiger partial charge >= 0.3 is 0 Å². The Balaban J connectivity index is 1.17. The van der Waals surface area contributed by atoms with Crippen molar-refractivity contribution in [2.24, 2.45) is 0 Å². The highest BCUT2D eigenvalue weighted by atomic mass is 32.1. The van der Waals surface area contributed by atoms with Gasteiger partial charge in [0.1, 0.15) is 12.0 Å². The first-order chi connectivity index (χ1) is 27.5. The third kappa shape index (κ3) is 4.94. The first-order valence-corrected chi connectivity index (χ1v) is 20.0. The smallest absolute Gasteiger partial charge is 0.132 e. The van der Waals surface area contributed by atoms with Crippen molar-refractivity contribution in [2.45, 2.75) is 19.0 Å². The molecule has 1 unspecified atom stereocenters. The van der Waals surface area contributed by atoms with Gasteiger partial charge in [-0.25, -0.2) is 8.78 Å². The van der Waals surface area contributed by atoms with Crippen LogP contribution in [0.15, 0.2) is 176 Å². The van der Waals surface area contributed by atoms with Crippen LogP contribution in [0.5, 0.6) is 0 Å². The van der Waals surface area contributed by atoms with E-state index in [1.807, 2.05) is 47.7 Å². The first kappa shape index (κ1) is 33.0. The molecule has 0 saturated carbocycles. The van der Waals surface area contributed by atoms with E-state index < -0.39 is 12.0 Å². The SMILES string of the molecule is C=C1C=Cc2c(c(-c3ccc4c(c3)sc3c(-c5c6ccccc6c(C6=C(F)C=CCC6F)c6ccccc56)cccc34)c3ccccc3c2-c2ccccc2)C1. The molecule has 0 radical (unpaired) electrons. The molecule has 3 heteroatoms. The van der Waals surface area contributed by atoms with Crippen LogP contribution < -0.4 is 0 Å². The molecular formula is C53H34F2S. The summed E-state index contributed by atoms with van der Waals surface area (Å²) in [5.41, 5.74) is 11.6. The second kappa shape index (κ2) is 12.8. The van der Waals surface area contributed by atoms with Gasteiger partial charge in [0.05, 0.1) is 0 Å². The number of rotatable bonds is 4. The van der Waals surface area contributed by atoms with Crippen molar-refractivity contribution in [3.63, 3.8) is 0 Å². The van der Waals surface area contributed by atoms with E-state index in [4.69, 9.17) is 0 Å². The molecular weight excluding hydrogens is 707 g/mol. The van der Waals surface area contributed by atoms with Gasteiger partial charge in [0.25, 0.3) is 0 Å². The molecule has 0 nitrogen and oxygen atoms in total. The Morgan fingerprint density at radius 2 is 1.14 bits per heavy atom. The maximum absolute atomic E-state index is 15.7. The van der Waals surface area contributed by atoms with Crippen LogP contribution in [0, 0.1) is 0 Å². The summed E-state index contributed by atoms with van der Waals surface area (Å²) >= 11 is 1.82. The molecule has 2 aliphatic carbocycles. The number of benzene rings is 8. The maximum atomic E-state index is 15.7. The quantitative estimate of drug-likeness (QED) is 0.158. The number of hydrogen-bond acceptors (Lipinski definition) is 1. The fourth-order valence-corrected chi connectivity index (χ4v) is 10.7. The topological polar surface area (TPSA) is 0 Å². The summed E-state index contributed by atoms with van der Waals surface area (Å²) in [6, 6.07) is 49.3. The Morgan fingerprint density at radius 1 is 0.536 bits per heavy atom. The molecule has 0 N–H and O–H groups in total. The third-order valence-corrected chi connectivity index (χ3v) is 13.0. The zero-order valence-electron chi connectivity index (χ0n) is 30.5. The van der Waals surface area contributed by atoms with Crippen LogP contribution in [-0.4, -0.2) is 6.17 Å². The summed E-state index contributed by atoms with van der Waals surface area (Å²) in [5, 5.41) is 8.58. The lowest BCUT2D eigenvalue weighted by atomic mass is 9.79. The van der Waals surface area contributed by atoms with Crippen LogP contribution in [0.4, 0.5) is 8.78 Å². The van der Waals surface area contributed by atoms with Crippen molar-refractivity contribution in [3.05, 3.63) is 192 Å². The van der Waals surface area contributed by atoms with Crippen molar-refractivity contribution < 1.29 is 8.78 Å². The number of hydrogen-bond donors (Lipinski definition) is 0. The van der Waals surface area contributed by atoms with E-state index in [1.54, 1.807) is 6.08 Å². The summed E-state index contributed by atoms with van der Waals surface area (Å²) in [4.78, 5) is 0. The van der Waals surface area contributed by atoms with E-state index in [1.165, 1.54) is 70.4 Å². The molecule has 8 aromatic carbocycles. The predicted octanol–water partition coefficient (Wildman–Crippen LogP) is 15.6. The van der Waals surface area contributed by atoms with E-state index in [0.29, 0.717) is 5.56 Å². The average molecular weight is 741 g/mol. The summed E-state index contributed by atoms with van der Waals surface area (Å²) < 4.78 is 33.7. The van der Waals surface area contributed by atoms with Crippen LogP contribution in [0.1, 0.15) is 23.1 Å². The Morgan fingerprint density at radius 3 is 1.82 bits per heavy atom. The lowest BCUT2D eigenvalue weighted by Gasteiger charge is -2.24. The van der Waals surface area contributed by atoms with Gasteiger partial charge in [-0.05, 0) is 95.4 Å². The molecule has 0 bridgehead atoms. The van der Waals surface area contributed by atoms with E-state index >= 15 is 8.78 Å². The van der Waals surface area contributed by atoms with Gasteiger partial charge in [-0.3, -0.25) is 0 Å². The zero-order chi connectivity index (χ0) is 37.5. The molecule has 0 fully saturated rings. The fourth-order valence-electron chi connectivity index (χ4n) is 9.40. The van der Waals surface area contributed by atoms with Crippen LogP contribution in [0.3, 0.4) is 0 Å². The molecule has 0 spiro atoms. The van der Waals surface area contributed by atoms with Crippen molar-refractivity contribution in [2.75, 3.05) is 0 Å². The third-order valence-electron chi connectivity index (χ3n) is 11.7. The Labute approximate surface area is 327 Å². The molecule has 1 aromatic heterocycles. The van der Waals surface area contributed by atoms with E-state index in [9.17, 15) is 0 Å². The van der Waals surface area contributed by atoms with Gasteiger partial charge in [-0.15, -0.1) is 11.3 Å². The second-order valence-electron chi connectivity index (χ2n) is 14.9. The molecule has 2 aliphatic rings. The van der Waals surface area contributed by atoms with Gasteiger partial charge in [0, 0.05) is 37.7 Å². The molecule has 1 heterocycles. The summed E-state index contributed by atoms with van der Waals surface area (Å²) in [6.45, 7) is 4.40. The normalized spacial score (nSPS) is 15.5. The summed E-state index contributed by atoms with van der Waals surface area (Å²) in [6.07, 6.45) is 6.96. The van der Waals surface area contributed by atoms with Gasteiger partial charge in [0.15, 0.2) is 0 Å². The van der Waals surface area contributed by atoms with Gasteiger partial charge < -0.3 is 0 Å². The van der Waals surface area contributed by atoms with Crippen LogP contribution in [0.25, 0.3) is 97.5 Å². The Kier molecular flexibility index (Phi) is 7.55. The standard InChI is InChI=1S/C53H34F2S/c1-31-25-27-41-44(29-31)49(36-16-6-5-15-35(36)48(41)32-13-3-2-4-14-32)33-26-28-34-42-21-11-22-43(53(42)56-47(34)30-33)50-37-17-7-9-19-39(37)51(40-20-10-8-18-38(40)50)52-45(54)23-12-24-46(52)55/h2-23,25-28,30,46H,1,24,29H2. The second-order valence-corrected chi connectivity index (χ2v) is 16.0. The molecule has 9 aromatic rings. The lowest BCUT2D eigenvalue weighted by Crippen LogP contribution is -2.09. The van der Waals surface area contributed by atoms with Gasteiger partial charge in [-0.1, -0.05) is 164 Å². The highest BCUT2D eigenvalue weighted by Gasteiger charge is 2.28. The van der Waals surface area contributed by atoms with Gasteiger partial charge in [0.2, 0.25) is 0 Å². The fraction of sp³-hybridized carbons (Fsp3) is 0.0566. The van der Waals surface area contributed by atoms with Crippen molar-refractivity contribution in [3.8, 4) is 33.4 Å². The zero-order valence-corrected chi connectivity index (χ0v) is 31.3. The first-order valence-electron chi connectivity index (χ1n) is 19.1. The Hall–Kier alpha value is -6.42. The maximum Gasteiger partial charge on any atom is 0.132 e. The highest BCUT2D eigenvalue weighted by Crippen LogP contribution is 2.50. The molecule has 11 rings (SSSR count). The average Bonchev–Trinajstić information content (AvgIpc) is 3.61. The minimum atomic E-state index is -1.41. The molecule has 1 atom stereocenters. The highest BCUT2D eigenvalue weighted by molar-refractivity contribution is 7.26. The molecule has 56 heavy (non-hydrogen) atoms.